The Morgan fingerprint density at radius 2 is 2.21 bits per heavy atom. The number of ether oxygens (including phenoxy) is 1. The van der Waals surface area contributed by atoms with Gasteiger partial charge in [-0.1, -0.05) is 31.3 Å². The molecule has 0 unspecified atom stereocenters. The summed E-state index contributed by atoms with van der Waals surface area (Å²) in [5, 5.41) is 8.26. The van der Waals surface area contributed by atoms with Crippen molar-refractivity contribution in [2.45, 2.75) is 46.6 Å². The summed E-state index contributed by atoms with van der Waals surface area (Å²) in [6.45, 7) is 8.67. The van der Waals surface area contributed by atoms with E-state index in [1.54, 1.807) is 0 Å². The summed E-state index contributed by atoms with van der Waals surface area (Å²) < 4.78 is 7.25. The van der Waals surface area contributed by atoms with Crippen LogP contribution in [0.5, 0.6) is 0 Å². The van der Waals surface area contributed by atoms with Crippen LogP contribution in [0.3, 0.4) is 0 Å². The molecule has 108 valence electrons. The van der Waals surface area contributed by atoms with Gasteiger partial charge in [0.2, 0.25) is 0 Å². The van der Waals surface area contributed by atoms with E-state index in [0.29, 0.717) is 16.6 Å². The Balaban J connectivity index is 2.70. The summed E-state index contributed by atoms with van der Waals surface area (Å²) in [5.74, 6) is 0.631. The van der Waals surface area contributed by atoms with Gasteiger partial charge < -0.3 is 10.5 Å². The molecule has 0 aliphatic rings. The van der Waals surface area contributed by atoms with E-state index in [1.807, 2.05) is 11.6 Å². The third-order valence-electron chi connectivity index (χ3n) is 2.89. The second-order valence-electron chi connectivity index (χ2n) is 4.96. The van der Waals surface area contributed by atoms with Gasteiger partial charge >= 0.3 is 0 Å². The summed E-state index contributed by atoms with van der Waals surface area (Å²) in [4.78, 5) is 0.329. The van der Waals surface area contributed by atoms with Crippen LogP contribution in [0.25, 0.3) is 0 Å². The first kappa shape index (κ1) is 16.0. The molecule has 0 fully saturated rings. The van der Waals surface area contributed by atoms with E-state index in [1.165, 1.54) is 0 Å². The van der Waals surface area contributed by atoms with Gasteiger partial charge in [0.1, 0.15) is 10.7 Å². The molecule has 0 aliphatic carbocycles. The summed E-state index contributed by atoms with van der Waals surface area (Å²) in [6, 6.07) is 0. The van der Waals surface area contributed by atoms with Crippen LogP contribution in [0.4, 0.5) is 0 Å². The van der Waals surface area contributed by atoms with E-state index < -0.39 is 0 Å². The van der Waals surface area contributed by atoms with E-state index in [9.17, 15) is 0 Å². The van der Waals surface area contributed by atoms with Gasteiger partial charge in [-0.2, -0.15) is 0 Å². The molecule has 6 heteroatoms. The van der Waals surface area contributed by atoms with Crippen molar-refractivity contribution in [1.82, 2.24) is 15.0 Å². The van der Waals surface area contributed by atoms with Crippen molar-refractivity contribution in [2.75, 3.05) is 13.2 Å². The minimum Gasteiger partial charge on any atom is -0.388 e. The number of hydrogen-bond acceptors (Lipinski definition) is 4. The highest BCUT2D eigenvalue weighted by Crippen LogP contribution is 2.13. The van der Waals surface area contributed by atoms with Gasteiger partial charge in [0.25, 0.3) is 0 Å². The molecule has 1 aromatic rings. The van der Waals surface area contributed by atoms with Crippen LogP contribution in [0.1, 0.15) is 45.0 Å². The largest absolute Gasteiger partial charge is 0.388 e. The van der Waals surface area contributed by atoms with Crippen molar-refractivity contribution in [3.63, 3.8) is 0 Å². The Morgan fingerprint density at radius 1 is 1.47 bits per heavy atom. The van der Waals surface area contributed by atoms with Crippen molar-refractivity contribution in [3.05, 3.63) is 11.4 Å². The molecule has 0 aromatic carbocycles. The lowest BCUT2D eigenvalue weighted by molar-refractivity contribution is 0.140. The molecule has 0 amide bonds. The van der Waals surface area contributed by atoms with Gasteiger partial charge in [0.05, 0.1) is 5.69 Å². The van der Waals surface area contributed by atoms with Crippen LogP contribution in [-0.2, 0) is 17.7 Å². The smallest absolute Gasteiger partial charge is 0.143 e. The van der Waals surface area contributed by atoms with Crippen molar-refractivity contribution in [2.24, 2.45) is 11.7 Å². The number of nitrogens with two attached hydrogens (primary N) is 1. The van der Waals surface area contributed by atoms with Gasteiger partial charge in [-0.15, -0.1) is 5.10 Å². The summed E-state index contributed by atoms with van der Waals surface area (Å²) in [5.41, 5.74) is 7.43. The zero-order valence-corrected chi connectivity index (χ0v) is 12.9. The fourth-order valence-electron chi connectivity index (χ4n) is 1.84. The fourth-order valence-corrected chi connectivity index (χ4v) is 2.00. The normalized spacial score (nSPS) is 11.2. The maximum absolute atomic E-state index is 5.70. The highest BCUT2D eigenvalue weighted by molar-refractivity contribution is 7.80. The first-order chi connectivity index (χ1) is 9.06. The summed E-state index contributed by atoms with van der Waals surface area (Å²) in [6.07, 6.45) is 2.91. The monoisotopic (exact) mass is 284 g/mol. The van der Waals surface area contributed by atoms with Gasteiger partial charge in [0, 0.05) is 19.8 Å². The lowest BCUT2D eigenvalue weighted by Gasteiger charge is -2.09. The number of hydrogen-bond donors (Lipinski definition) is 1. The topological polar surface area (TPSA) is 66.0 Å². The van der Waals surface area contributed by atoms with Crippen LogP contribution in [0.2, 0.25) is 0 Å². The second kappa shape index (κ2) is 8.22. The third-order valence-corrected chi connectivity index (χ3v) is 3.09. The van der Waals surface area contributed by atoms with Crippen LogP contribution in [-0.4, -0.2) is 33.2 Å². The maximum Gasteiger partial charge on any atom is 0.143 e. The predicted octanol–water partition coefficient (Wildman–Crippen LogP) is 1.93. The van der Waals surface area contributed by atoms with Crippen molar-refractivity contribution >= 4 is 17.2 Å². The first-order valence-corrected chi connectivity index (χ1v) is 7.27. The van der Waals surface area contributed by atoms with Gasteiger partial charge in [-0.05, 0) is 32.1 Å². The van der Waals surface area contributed by atoms with Crippen molar-refractivity contribution in [1.29, 1.82) is 0 Å². The molecular weight excluding hydrogens is 260 g/mol. The van der Waals surface area contributed by atoms with Crippen LogP contribution >= 0.6 is 12.2 Å². The van der Waals surface area contributed by atoms with Crippen LogP contribution < -0.4 is 5.73 Å². The highest BCUT2D eigenvalue weighted by atomic mass is 32.1. The molecule has 2 N–H and O–H groups in total. The van der Waals surface area contributed by atoms with E-state index in [-0.39, 0.29) is 0 Å². The minimum atomic E-state index is 0.329. The van der Waals surface area contributed by atoms with Crippen LogP contribution in [0.15, 0.2) is 0 Å². The molecule has 0 atom stereocenters. The first-order valence-electron chi connectivity index (χ1n) is 6.86. The lowest BCUT2D eigenvalue weighted by atomic mass is 10.1. The minimum absolute atomic E-state index is 0.329. The zero-order chi connectivity index (χ0) is 14.3. The van der Waals surface area contributed by atoms with E-state index in [4.69, 9.17) is 22.7 Å². The summed E-state index contributed by atoms with van der Waals surface area (Å²) in [7, 11) is 0. The average molecular weight is 284 g/mol. The average Bonchev–Trinajstić information content (AvgIpc) is 2.75. The SMILES string of the molecule is CCOCCCn1nnc(C(N)=S)c1CCC(C)C. The Morgan fingerprint density at radius 3 is 2.79 bits per heavy atom. The Hall–Kier alpha value is -1.01. The fraction of sp³-hybridized carbons (Fsp3) is 0.769. The molecule has 19 heavy (non-hydrogen) atoms. The molecular formula is C13H24N4OS. The number of rotatable bonds is 9. The molecule has 0 saturated heterocycles. The second-order valence-corrected chi connectivity index (χ2v) is 5.39. The number of aromatic nitrogens is 3. The molecule has 1 aromatic heterocycles. The molecule has 0 radical (unpaired) electrons. The van der Waals surface area contributed by atoms with Crippen LogP contribution in [0, 0.1) is 5.92 Å². The van der Waals surface area contributed by atoms with Gasteiger partial charge in [0.15, 0.2) is 0 Å². The Kier molecular flexibility index (Phi) is 6.94. The van der Waals surface area contributed by atoms with E-state index in [0.717, 1.165) is 44.7 Å². The molecule has 1 heterocycles. The zero-order valence-electron chi connectivity index (χ0n) is 12.1. The quantitative estimate of drug-likeness (QED) is 0.554. The summed E-state index contributed by atoms with van der Waals surface area (Å²) >= 11 is 5.03. The van der Waals surface area contributed by atoms with E-state index >= 15 is 0 Å². The maximum atomic E-state index is 5.70. The predicted molar refractivity (Wildman–Crippen MR) is 80.2 cm³/mol. The van der Waals surface area contributed by atoms with Crippen molar-refractivity contribution in [3.8, 4) is 0 Å². The van der Waals surface area contributed by atoms with Crippen molar-refractivity contribution < 1.29 is 4.74 Å². The molecule has 0 spiro atoms. The third kappa shape index (κ3) is 5.24. The Labute approximate surface area is 120 Å². The molecule has 0 bridgehead atoms. The van der Waals surface area contributed by atoms with E-state index in [2.05, 4.69) is 24.2 Å². The number of thiocarbonyl (C=S) groups is 1. The Bertz CT molecular complexity index is 403. The molecule has 0 aliphatic heterocycles. The highest BCUT2D eigenvalue weighted by Gasteiger charge is 2.15. The number of nitrogens with zero attached hydrogens (tertiary/aromatic N) is 3. The number of aryl methyl sites for hydroxylation is 1. The molecule has 0 saturated carbocycles. The van der Waals surface area contributed by atoms with Gasteiger partial charge in [-0.3, -0.25) is 0 Å². The standard InChI is InChI=1S/C13H24N4OS/c1-4-18-9-5-8-17-11(7-6-10(2)3)12(13(14)19)15-16-17/h10H,4-9H2,1-3H3,(H2,14,19). The molecule has 5 nitrogen and oxygen atoms in total. The van der Waals surface area contributed by atoms with Gasteiger partial charge in [-0.25, -0.2) is 4.68 Å². The molecule has 1 rings (SSSR count). The lowest BCUT2D eigenvalue weighted by Crippen LogP contribution is -2.15.